The zero-order valence-corrected chi connectivity index (χ0v) is 8.48. The topological polar surface area (TPSA) is 51.8 Å². The van der Waals surface area contributed by atoms with Gasteiger partial charge in [-0.15, -0.1) is 0 Å². The van der Waals surface area contributed by atoms with Gasteiger partial charge in [0, 0.05) is 16.3 Å². The van der Waals surface area contributed by atoms with E-state index in [1.54, 1.807) is 12.4 Å². The van der Waals surface area contributed by atoms with Crippen LogP contribution in [-0.4, -0.2) is 10.2 Å². The molecule has 2 N–H and O–H groups in total. The van der Waals surface area contributed by atoms with Gasteiger partial charge in [0.2, 0.25) is 0 Å². The van der Waals surface area contributed by atoms with Crippen LogP contribution in [0.3, 0.4) is 0 Å². The first-order valence-corrected chi connectivity index (χ1v) is 5.28. The van der Waals surface area contributed by atoms with Crippen molar-refractivity contribution in [3.8, 4) is 0 Å². The van der Waals surface area contributed by atoms with Crippen LogP contribution in [-0.2, 0) is 5.54 Å². The van der Waals surface area contributed by atoms with Gasteiger partial charge in [-0.25, -0.2) is 0 Å². The first-order chi connectivity index (χ1) is 7.28. The normalized spacial score (nSPS) is 18.7. The Hall–Kier alpha value is -1.48. The summed E-state index contributed by atoms with van der Waals surface area (Å²) < 4.78 is 0. The van der Waals surface area contributed by atoms with E-state index in [-0.39, 0.29) is 5.54 Å². The molecule has 1 aliphatic carbocycles. The Morgan fingerprint density at radius 1 is 1.07 bits per heavy atom. The number of fused-ring (bicyclic) bond motifs is 1. The molecular formula is C12H13N3. The average Bonchev–Trinajstić information content (AvgIpc) is 2.25. The molecule has 0 aliphatic heterocycles. The third kappa shape index (κ3) is 1.31. The molecule has 3 heteroatoms. The van der Waals surface area contributed by atoms with Crippen molar-refractivity contribution in [2.45, 2.75) is 24.8 Å². The number of aromatic nitrogens is 2. The van der Waals surface area contributed by atoms with Crippen LogP contribution in [0, 0.1) is 0 Å². The van der Waals surface area contributed by atoms with E-state index in [1.807, 2.05) is 0 Å². The average molecular weight is 199 g/mol. The molecule has 0 bridgehead atoms. The van der Waals surface area contributed by atoms with Crippen LogP contribution < -0.4 is 5.73 Å². The minimum Gasteiger partial charge on any atom is -0.321 e. The van der Waals surface area contributed by atoms with Gasteiger partial charge in [0.15, 0.2) is 0 Å². The Kier molecular flexibility index (Phi) is 1.76. The molecule has 0 amide bonds. The van der Waals surface area contributed by atoms with Crippen LogP contribution in [0.4, 0.5) is 0 Å². The van der Waals surface area contributed by atoms with Gasteiger partial charge >= 0.3 is 0 Å². The van der Waals surface area contributed by atoms with Crippen molar-refractivity contribution >= 4 is 10.8 Å². The molecule has 1 fully saturated rings. The molecule has 1 aliphatic rings. The number of hydrogen-bond acceptors (Lipinski definition) is 3. The van der Waals surface area contributed by atoms with Crippen LogP contribution in [0.2, 0.25) is 0 Å². The fourth-order valence-corrected chi connectivity index (χ4v) is 2.15. The molecule has 1 aromatic heterocycles. The molecule has 3 nitrogen and oxygen atoms in total. The molecule has 0 saturated heterocycles. The summed E-state index contributed by atoms with van der Waals surface area (Å²) in [5.74, 6) is 0. The van der Waals surface area contributed by atoms with Crippen molar-refractivity contribution in [1.29, 1.82) is 0 Å². The van der Waals surface area contributed by atoms with Crippen molar-refractivity contribution in [3.05, 3.63) is 36.2 Å². The second kappa shape index (κ2) is 3.00. The van der Waals surface area contributed by atoms with E-state index >= 15 is 0 Å². The molecule has 1 aromatic carbocycles. The summed E-state index contributed by atoms with van der Waals surface area (Å²) in [5.41, 5.74) is 7.42. The highest BCUT2D eigenvalue weighted by molar-refractivity contribution is 5.81. The molecule has 3 rings (SSSR count). The molecule has 76 valence electrons. The summed E-state index contributed by atoms with van der Waals surface area (Å²) in [4.78, 5) is 0. The van der Waals surface area contributed by atoms with E-state index in [2.05, 4.69) is 28.4 Å². The smallest absolute Gasteiger partial charge is 0.0574 e. The first kappa shape index (κ1) is 8.80. The molecule has 1 saturated carbocycles. The van der Waals surface area contributed by atoms with E-state index in [0.717, 1.165) is 23.6 Å². The summed E-state index contributed by atoms with van der Waals surface area (Å²) >= 11 is 0. The molecule has 0 radical (unpaired) electrons. The molecule has 15 heavy (non-hydrogen) atoms. The minimum atomic E-state index is -0.0859. The molecule has 0 unspecified atom stereocenters. The predicted octanol–water partition coefficient (Wildman–Crippen LogP) is 1.97. The van der Waals surface area contributed by atoms with Gasteiger partial charge in [0.25, 0.3) is 0 Å². The third-order valence-electron chi connectivity index (χ3n) is 3.37. The maximum atomic E-state index is 6.28. The van der Waals surface area contributed by atoms with Gasteiger partial charge in [0.05, 0.1) is 12.4 Å². The standard InChI is InChI=1S/C12H13N3/c13-12(4-1-5-12)11-3-2-9-7-14-15-8-10(9)6-11/h2-3,6-8H,1,4-5,13H2. The summed E-state index contributed by atoms with van der Waals surface area (Å²) in [5, 5.41) is 9.99. The van der Waals surface area contributed by atoms with Crippen molar-refractivity contribution < 1.29 is 0 Å². The van der Waals surface area contributed by atoms with Crippen molar-refractivity contribution in [1.82, 2.24) is 10.2 Å². The Balaban J connectivity index is 2.14. The van der Waals surface area contributed by atoms with Gasteiger partial charge in [-0.1, -0.05) is 12.1 Å². The second-order valence-electron chi connectivity index (χ2n) is 4.34. The molecule has 2 aromatic rings. The SMILES string of the molecule is NC1(c2ccc3cnncc3c2)CCC1. The lowest BCUT2D eigenvalue weighted by Crippen LogP contribution is -2.43. The monoisotopic (exact) mass is 199 g/mol. The van der Waals surface area contributed by atoms with E-state index < -0.39 is 0 Å². The van der Waals surface area contributed by atoms with Crippen LogP contribution in [0.15, 0.2) is 30.6 Å². The van der Waals surface area contributed by atoms with E-state index in [0.29, 0.717) is 0 Å². The van der Waals surface area contributed by atoms with Crippen LogP contribution in [0.5, 0.6) is 0 Å². The number of nitrogens with zero attached hydrogens (tertiary/aromatic N) is 2. The van der Waals surface area contributed by atoms with Crippen molar-refractivity contribution in [2.24, 2.45) is 5.73 Å². The Morgan fingerprint density at radius 2 is 1.80 bits per heavy atom. The number of rotatable bonds is 1. The summed E-state index contributed by atoms with van der Waals surface area (Å²) in [7, 11) is 0. The Bertz CT molecular complexity index is 503. The zero-order chi connectivity index (χ0) is 10.3. The number of hydrogen-bond donors (Lipinski definition) is 1. The molecule has 0 spiro atoms. The Morgan fingerprint density at radius 3 is 2.47 bits per heavy atom. The first-order valence-electron chi connectivity index (χ1n) is 5.28. The highest BCUT2D eigenvalue weighted by atomic mass is 15.1. The van der Waals surface area contributed by atoms with Gasteiger partial charge < -0.3 is 5.73 Å². The van der Waals surface area contributed by atoms with Crippen molar-refractivity contribution in [3.63, 3.8) is 0 Å². The Labute approximate surface area is 88.3 Å². The lowest BCUT2D eigenvalue weighted by molar-refractivity contribution is 0.254. The highest BCUT2D eigenvalue weighted by Gasteiger charge is 2.34. The summed E-state index contributed by atoms with van der Waals surface area (Å²) in [6, 6.07) is 6.33. The summed E-state index contributed by atoms with van der Waals surface area (Å²) in [6.07, 6.45) is 7.00. The quantitative estimate of drug-likeness (QED) is 0.763. The lowest BCUT2D eigenvalue weighted by Gasteiger charge is -2.38. The van der Waals surface area contributed by atoms with E-state index in [4.69, 9.17) is 5.73 Å². The largest absolute Gasteiger partial charge is 0.321 e. The van der Waals surface area contributed by atoms with Crippen molar-refractivity contribution in [2.75, 3.05) is 0 Å². The van der Waals surface area contributed by atoms with E-state index in [1.165, 1.54) is 12.0 Å². The minimum absolute atomic E-state index is 0.0859. The fraction of sp³-hybridized carbons (Fsp3) is 0.333. The predicted molar refractivity (Wildman–Crippen MR) is 59.3 cm³/mol. The number of nitrogens with two attached hydrogens (primary N) is 1. The van der Waals surface area contributed by atoms with Gasteiger partial charge in [-0.3, -0.25) is 0 Å². The van der Waals surface area contributed by atoms with Crippen LogP contribution >= 0.6 is 0 Å². The van der Waals surface area contributed by atoms with Crippen LogP contribution in [0.1, 0.15) is 24.8 Å². The van der Waals surface area contributed by atoms with E-state index in [9.17, 15) is 0 Å². The maximum Gasteiger partial charge on any atom is 0.0574 e. The molecule has 0 atom stereocenters. The maximum absolute atomic E-state index is 6.28. The lowest BCUT2D eigenvalue weighted by atomic mass is 9.72. The summed E-state index contributed by atoms with van der Waals surface area (Å²) in [6.45, 7) is 0. The van der Waals surface area contributed by atoms with Gasteiger partial charge in [-0.05, 0) is 30.9 Å². The second-order valence-corrected chi connectivity index (χ2v) is 4.34. The number of benzene rings is 1. The van der Waals surface area contributed by atoms with Gasteiger partial charge in [0.1, 0.15) is 0 Å². The van der Waals surface area contributed by atoms with Gasteiger partial charge in [-0.2, -0.15) is 10.2 Å². The molecule has 1 heterocycles. The third-order valence-corrected chi connectivity index (χ3v) is 3.37. The fourth-order valence-electron chi connectivity index (χ4n) is 2.15. The highest BCUT2D eigenvalue weighted by Crippen LogP contribution is 2.39. The zero-order valence-electron chi connectivity index (χ0n) is 8.48. The van der Waals surface area contributed by atoms with Crippen LogP contribution in [0.25, 0.3) is 10.8 Å². The molecular weight excluding hydrogens is 186 g/mol.